The van der Waals surface area contributed by atoms with Crippen molar-refractivity contribution in [2.45, 2.75) is 64.4 Å². The minimum Gasteiger partial charge on any atom is -0.497 e. The Morgan fingerprint density at radius 1 is 1.03 bits per heavy atom. The smallest absolute Gasteiger partial charge is 0.311 e. The van der Waals surface area contributed by atoms with E-state index >= 15 is 4.39 Å². The lowest BCUT2D eigenvalue weighted by Gasteiger charge is -2.30. The first-order valence-corrected chi connectivity index (χ1v) is 13.2. The number of methoxy groups -OCH3 is 1. The van der Waals surface area contributed by atoms with Gasteiger partial charge in [0.15, 0.2) is 0 Å². The number of benzene rings is 3. The van der Waals surface area contributed by atoms with E-state index in [1.54, 1.807) is 19.2 Å². The summed E-state index contributed by atoms with van der Waals surface area (Å²) in [6.45, 7) is 4.94. The molecule has 2 saturated carbocycles. The molecular formula is C32H35FO4. The highest BCUT2D eigenvalue weighted by Crippen LogP contribution is 2.51. The standard InChI is InChI=1S/C32H35FO4/c1-32(2)15-5-8-28(32)26-16-20(9-13-25(26)27-18-23(36-3)12-14-29(27)33)19-37-24-7-4-6-22(17-24)30(31(34)35)21-10-11-21/h4,6-7,9,12-14,16-18,21,28,30H,5,8,10-11,15,19H2,1-3H3,(H,34,35). The molecule has 4 nitrogen and oxygen atoms in total. The Hall–Kier alpha value is -3.34. The molecule has 194 valence electrons. The van der Waals surface area contributed by atoms with E-state index in [1.807, 2.05) is 36.4 Å². The van der Waals surface area contributed by atoms with Crippen LogP contribution in [0.2, 0.25) is 0 Å². The third-order valence-corrected chi connectivity index (χ3v) is 8.19. The molecule has 1 N–H and O–H groups in total. The zero-order valence-corrected chi connectivity index (χ0v) is 21.8. The van der Waals surface area contributed by atoms with Gasteiger partial charge in [0.1, 0.15) is 23.9 Å². The predicted octanol–water partition coefficient (Wildman–Crippen LogP) is 7.95. The number of aliphatic carboxylic acids is 1. The topological polar surface area (TPSA) is 55.8 Å². The second-order valence-corrected chi connectivity index (χ2v) is 11.2. The molecule has 0 heterocycles. The Bertz CT molecular complexity index is 1290. The van der Waals surface area contributed by atoms with Gasteiger partial charge in [-0.2, -0.15) is 0 Å². The number of rotatable bonds is 9. The first kappa shape index (κ1) is 25.3. The summed E-state index contributed by atoms with van der Waals surface area (Å²) in [4.78, 5) is 11.8. The zero-order valence-electron chi connectivity index (χ0n) is 21.8. The van der Waals surface area contributed by atoms with Gasteiger partial charge in [-0.05, 0) is 95.5 Å². The van der Waals surface area contributed by atoms with Crippen LogP contribution >= 0.6 is 0 Å². The van der Waals surface area contributed by atoms with Crippen molar-refractivity contribution in [2.75, 3.05) is 7.11 Å². The third-order valence-electron chi connectivity index (χ3n) is 8.19. The lowest BCUT2D eigenvalue weighted by Crippen LogP contribution is -2.17. The van der Waals surface area contributed by atoms with Crippen molar-refractivity contribution in [3.05, 3.63) is 83.2 Å². The molecular weight excluding hydrogens is 467 g/mol. The van der Waals surface area contributed by atoms with Crippen LogP contribution in [0.25, 0.3) is 11.1 Å². The molecule has 3 aromatic rings. The Labute approximate surface area is 218 Å². The first-order valence-electron chi connectivity index (χ1n) is 13.2. The summed E-state index contributed by atoms with van der Waals surface area (Å²) in [7, 11) is 1.59. The highest BCUT2D eigenvalue weighted by Gasteiger charge is 2.38. The van der Waals surface area contributed by atoms with Gasteiger partial charge in [0, 0.05) is 5.56 Å². The van der Waals surface area contributed by atoms with E-state index in [2.05, 4.69) is 19.9 Å². The number of hydrogen-bond acceptors (Lipinski definition) is 3. The molecule has 0 radical (unpaired) electrons. The average Bonchev–Trinajstić information content (AvgIpc) is 3.64. The molecule has 2 atom stereocenters. The zero-order chi connectivity index (χ0) is 26.2. The highest BCUT2D eigenvalue weighted by atomic mass is 19.1. The van der Waals surface area contributed by atoms with Crippen molar-refractivity contribution in [1.82, 2.24) is 0 Å². The molecule has 0 spiro atoms. The van der Waals surface area contributed by atoms with Gasteiger partial charge in [0.2, 0.25) is 0 Å². The molecule has 2 unspecified atom stereocenters. The fourth-order valence-electron chi connectivity index (χ4n) is 5.99. The minimum atomic E-state index is -0.774. The maximum absolute atomic E-state index is 15.0. The van der Waals surface area contributed by atoms with E-state index in [1.165, 1.54) is 6.07 Å². The summed E-state index contributed by atoms with van der Waals surface area (Å²) >= 11 is 0. The van der Waals surface area contributed by atoms with Gasteiger partial charge in [0.05, 0.1) is 13.0 Å². The SMILES string of the molecule is COc1ccc(F)c(-c2ccc(COc3cccc(C(C(=O)O)C4CC4)c3)cc2C2CCCC2(C)C)c1. The van der Waals surface area contributed by atoms with Crippen molar-refractivity contribution < 1.29 is 23.8 Å². The number of carbonyl (C=O) groups is 1. The number of ether oxygens (including phenoxy) is 2. The maximum atomic E-state index is 15.0. The second kappa shape index (κ2) is 10.2. The molecule has 0 saturated heterocycles. The van der Waals surface area contributed by atoms with Crippen LogP contribution in [0.3, 0.4) is 0 Å². The van der Waals surface area contributed by atoms with Crippen molar-refractivity contribution >= 4 is 5.97 Å². The lowest BCUT2D eigenvalue weighted by atomic mass is 9.75. The largest absolute Gasteiger partial charge is 0.497 e. The van der Waals surface area contributed by atoms with E-state index in [0.717, 1.165) is 54.4 Å². The van der Waals surface area contributed by atoms with Gasteiger partial charge < -0.3 is 14.6 Å². The van der Waals surface area contributed by atoms with Crippen molar-refractivity contribution in [3.8, 4) is 22.6 Å². The molecule has 2 aliphatic carbocycles. The van der Waals surface area contributed by atoms with E-state index in [9.17, 15) is 9.90 Å². The van der Waals surface area contributed by atoms with Crippen LogP contribution in [0.15, 0.2) is 60.7 Å². The minimum absolute atomic E-state index is 0.118. The molecule has 5 heteroatoms. The Morgan fingerprint density at radius 2 is 1.84 bits per heavy atom. The summed E-state index contributed by atoms with van der Waals surface area (Å²) in [6.07, 6.45) is 5.27. The van der Waals surface area contributed by atoms with Crippen LogP contribution in [0, 0.1) is 17.2 Å². The second-order valence-electron chi connectivity index (χ2n) is 11.2. The van der Waals surface area contributed by atoms with E-state index in [0.29, 0.717) is 29.6 Å². The third kappa shape index (κ3) is 5.36. The molecule has 2 fully saturated rings. The van der Waals surface area contributed by atoms with Crippen LogP contribution in [0.5, 0.6) is 11.5 Å². The quantitative estimate of drug-likeness (QED) is 0.323. The Kier molecular flexibility index (Phi) is 6.98. The fourth-order valence-corrected chi connectivity index (χ4v) is 5.99. The van der Waals surface area contributed by atoms with Crippen LogP contribution in [-0.2, 0) is 11.4 Å². The fraction of sp³-hybridized carbons (Fsp3) is 0.406. The van der Waals surface area contributed by atoms with Crippen LogP contribution < -0.4 is 9.47 Å². The molecule has 0 amide bonds. The van der Waals surface area contributed by atoms with Gasteiger partial charge in [-0.3, -0.25) is 4.79 Å². The number of halogens is 1. The maximum Gasteiger partial charge on any atom is 0.311 e. The monoisotopic (exact) mass is 502 g/mol. The molecule has 5 rings (SSSR count). The molecule has 3 aromatic carbocycles. The molecule has 2 aliphatic rings. The van der Waals surface area contributed by atoms with Crippen LogP contribution in [0.4, 0.5) is 4.39 Å². The van der Waals surface area contributed by atoms with Crippen LogP contribution in [0.1, 0.15) is 74.5 Å². The first-order chi connectivity index (χ1) is 17.8. The summed E-state index contributed by atoms with van der Waals surface area (Å²) in [5, 5.41) is 9.71. The normalized spacial score (nSPS) is 19.4. The lowest BCUT2D eigenvalue weighted by molar-refractivity contribution is -0.139. The summed E-state index contributed by atoms with van der Waals surface area (Å²) in [5.41, 5.74) is 4.51. The summed E-state index contributed by atoms with van der Waals surface area (Å²) < 4.78 is 26.6. The average molecular weight is 503 g/mol. The molecule has 0 bridgehead atoms. The van der Waals surface area contributed by atoms with Crippen LogP contribution in [-0.4, -0.2) is 18.2 Å². The van der Waals surface area contributed by atoms with Crippen molar-refractivity contribution in [2.24, 2.45) is 11.3 Å². The van der Waals surface area contributed by atoms with Gasteiger partial charge in [0.25, 0.3) is 0 Å². The number of hydrogen-bond donors (Lipinski definition) is 1. The summed E-state index contributed by atoms with van der Waals surface area (Å²) in [5.74, 6) is 0.310. The number of carboxylic acid groups (broad SMARTS) is 1. The predicted molar refractivity (Wildman–Crippen MR) is 143 cm³/mol. The van der Waals surface area contributed by atoms with Gasteiger partial charge in [-0.1, -0.05) is 50.6 Å². The molecule has 37 heavy (non-hydrogen) atoms. The highest BCUT2D eigenvalue weighted by molar-refractivity contribution is 5.77. The molecule has 0 aromatic heterocycles. The van der Waals surface area contributed by atoms with E-state index in [-0.39, 0.29) is 17.2 Å². The number of carboxylic acids is 1. The Balaban J connectivity index is 1.45. The Morgan fingerprint density at radius 3 is 2.51 bits per heavy atom. The van der Waals surface area contributed by atoms with E-state index < -0.39 is 11.9 Å². The van der Waals surface area contributed by atoms with E-state index in [4.69, 9.17) is 9.47 Å². The van der Waals surface area contributed by atoms with Crippen molar-refractivity contribution in [1.29, 1.82) is 0 Å². The van der Waals surface area contributed by atoms with Gasteiger partial charge in [-0.15, -0.1) is 0 Å². The summed E-state index contributed by atoms with van der Waals surface area (Å²) in [6, 6.07) is 18.5. The van der Waals surface area contributed by atoms with Gasteiger partial charge in [-0.25, -0.2) is 4.39 Å². The van der Waals surface area contributed by atoms with Crippen molar-refractivity contribution in [3.63, 3.8) is 0 Å². The van der Waals surface area contributed by atoms with Gasteiger partial charge >= 0.3 is 5.97 Å². The molecule has 0 aliphatic heterocycles.